The number of hydrogen-bond acceptors (Lipinski definition) is 1. The third kappa shape index (κ3) is 1.16. The highest BCUT2D eigenvalue weighted by Gasteiger charge is 2.07. The van der Waals surface area contributed by atoms with Gasteiger partial charge in [0.2, 0.25) is 0 Å². The summed E-state index contributed by atoms with van der Waals surface area (Å²) in [6.07, 6.45) is 5.37. The molecule has 2 rings (SSSR count). The van der Waals surface area contributed by atoms with Gasteiger partial charge in [-0.25, -0.2) is 0 Å². The smallest absolute Gasteiger partial charge is 0.0520 e. The first-order valence-corrected chi connectivity index (χ1v) is 5.19. The van der Waals surface area contributed by atoms with Crippen molar-refractivity contribution in [1.82, 2.24) is 4.98 Å². The molecule has 0 radical (unpaired) electrons. The van der Waals surface area contributed by atoms with Gasteiger partial charge in [-0.1, -0.05) is 13.8 Å². The summed E-state index contributed by atoms with van der Waals surface area (Å²) in [6.45, 7) is 4.52. The van der Waals surface area contributed by atoms with Crippen LogP contribution in [0.5, 0.6) is 0 Å². The van der Waals surface area contributed by atoms with Crippen LogP contribution in [0.2, 0.25) is 0 Å². The Morgan fingerprint density at radius 1 is 1.50 bits per heavy atom. The second-order valence-electron chi connectivity index (χ2n) is 3.23. The maximum atomic E-state index is 3.11. The van der Waals surface area contributed by atoms with Crippen LogP contribution in [0.15, 0.2) is 18.5 Å². The minimum atomic E-state index is 0.711. The van der Waals surface area contributed by atoms with Gasteiger partial charge in [-0.3, -0.25) is 0 Å². The van der Waals surface area contributed by atoms with E-state index in [1.807, 2.05) is 11.3 Å². The largest absolute Gasteiger partial charge is 0.366 e. The van der Waals surface area contributed by atoms with Gasteiger partial charge in [0.1, 0.15) is 0 Å². The van der Waals surface area contributed by atoms with E-state index in [9.17, 15) is 0 Å². The van der Waals surface area contributed by atoms with Crippen LogP contribution in [0.3, 0.4) is 0 Å². The van der Waals surface area contributed by atoms with Crippen LogP contribution in [0, 0.1) is 0 Å². The van der Waals surface area contributed by atoms with E-state index < -0.39 is 0 Å². The molecule has 2 heterocycles. The van der Waals surface area contributed by atoms with Gasteiger partial charge in [-0.15, -0.1) is 11.3 Å². The molecule has 0 spiro atoms. The Bertz CT molecular complexity index is 343. The molecule has 0 saturated heterocycles. The van der Waals surface area contributed by atoms with E-state index in [0.29, 0.717) is 5.92 Å². The number of thiophene rings is 1. The highest BCUT2D eigenvalue weighted by Crippen LogP contribution is 2.31. The Morgan fingerprint density at radius 2 is 2.33 bits per heavy atom. The first-order chi connectivity index (χ1) is 5.81. The minimum absolute atomic E-state index is 0.711. The van der Waals surface area contributed by atoms with Crippen molar-refractivity contribution in [2.24, 2.45) is 0 Å². The molecule has 0 aliphatic rings. The maximum absolute atomic E-state index is 3.11. The fraction of sp³-hybridized carbons (Fsp3) is 0.400. The molecule has 0 saturated carbocycles. The van der Waals surface area contributed by atoms with Gasteiger partial charge in [0.15, 0.2) is 0 Å². The maximum Gasteiger partial charge on any atom is 0.0520 e. The summed E-state index contributed by atoms with van der Waals surface area (Å²) >= 11 is 1.91. The molecule has 0 aliphatic heterocycles. The molecule has 0 fully saturated rings. The van der Waals surface area contributed by atoms with Gasteiger partial charge in [0.05, 0.1) is 4.70 Å². The Balaban J connectivity index is 2.44. The molecular weight excluding hydrogens is 166 g/mol. The van der Waals surface area contributed by atoms with E-state index >= 15 is 0 Å². The monoisotopic (exact) mass is 179 g/mol. The van der Waals surface area contributed by atoms with Crippen molar-refractivity contribution in [3.8, 4) is 0 Å². The number of hydrogen-bond donors (Lipinski definition) is 1. The third-order valence-corrected chi connectivity index (χ3v) is 3.69. The van der Waals surface area contributed by atoms with Crippen molar-refractivity contribution in [3.63, 3.8) is 0 Å². The number of aromatic amines is 1. The fourth-order valence-electron chi connectivity index (χ4n) is 1.32. The molecule has 2 aromatic heterocycles. The second-order valence-corrected chi connectivity index (χ2v) is 4.35. The molecule has 12 heavy (non-hydrogen) atoms. The molecule has 64 valence electrons. The molecule has 0 aromatic carbocycles. The fourth-order valence-corrected chi connectivity index (χ4v) is 2.49. The molecule has 1 nitrogen and oxygen atoms in total. The average molecular weight is 179 g/mol. The molecule has 2 heteroatoms. The summed E-state index contributed by atoms with van der Waals surface area (Å²) in [5, 5.41) is 1.36. The first-order valence-electron chi connectivity index (χ1n) is 4.37. The van der Waals surface area contributed by atoms with Gasteiger partial charge < -0.3 is 4.98 Å². The van der Waals surface area contributed by atoms with Crippen LogP contribution >= 0.6 is 11.3 Å². The van der Waals surface area contributed by atoms with Crippen molar-refractivity contribution in [3.05, 3.63) is 23.3 Å². The van der Waals surface area contributed by atoms with Crippen molar-refractivity contribution in [2.45, 2.75) is 26.2 Å². The van der Waals surface area contributed by atoms with E-state index in [-0.39, 0.29) is 0 Å². The van der Waals surface area contributed by atoms with Gasteiger partial charge in [0.25, 0.3) is 0 Å². The lowest BCUT2D eigenvalue weighted by Crippen LogP contribution is -1.84. The quantitative estimate of drug-likeness (QED) is 0.722. The SMILES string of the molecule is CCC(C)c1cc2c[nH]cc2s1. The lowest BCUT2D eigenvalue weighted by Gasteiger charge is -2.02. The molecular formula is C10H13NS. The minimum Gasteiger partial charge on any atom is -0.366 e. The van der Waals surface area contributed by atoms with Crippen LogP contribution < -0.4 is 0 Å². The molecule has 2 aromatic rings. The lowest BCUT2D eigenvalue weighted by molar-refractivity contribution is 0.748. The predicted molar refractivity (Wildman–Crippen MR) is 54.9 cm³/mol. The Labute approximate surface area is 76.4 Å². The molecule has 1 atom stereocenters. The van der Waals surface area contributed by atoms with E-state index in [2.05, 4.69) is 37.3 Å². The number of nitrogens with one attached hydrogen (secondary N) is 1. The highest BCUT2D eigenvalue weighted by atomic mass is 32.1. The van der Waals surface area contributed by atoms with Gasteiger partial charge in [0, 0.05) is 22.7 Å². The highest BCUT2D eigenvalue weighted by molar-refractivity contribution is 7.19. The zero-order valence-electron chi connectivity index (χ0n) is 7.42. The van der Waals surface area contributed by atoms with Crippen molar-refractivity contribution >= 4 is 21.4 Å². The number of aromatic nitrogens is 1. The van der Waals surface area contributed by atoms with Crippen molar-refractivity contribution < 1.29 is 0 Å². The van der Waals surface area contributed by atoms with E-state index in [4.69, 9.17) is 0 Å². The van der Waals surface area contributed by atoms with Crippen LogP contribution in [0.25, 0.3) is 10.1 Å². The van der Waals surface area contributed by atoms with E-state index in [1.54, 1.807) is 0 Å². The summed E-state index contributed by atoms with van der Waals surface area (Å²) in [6, 6.07) is 2.30. The van der Waals surface area contributed by atoms with Crippen LogP contribution in [-0.2, 0) is 0 Å². The van der Waals surface area contributed by atoms with E-state index in [1.165, 1.54) is 21.4 Å². The zero-order valence-corrected chi connectivity index (χ0v) is 8.24. The number of H-pyrrole nitrogens is 1. The van der Waals surface area contributed by atoms with Gasteiger partial charge in [-0.2, -0.15) is 0 Å². The normalized spacial score (nSPS) is 13.8. The summed E-state index contributed by atoms with van der Waals surface area (Å²) in [5.74, 6) is 0.711. The molecule has 0 amide bonds. The molecule has 0 aliphatic carbocycles. The van der Waals surface area contributed by atoms with Gasteiger partial charge in [-0.05, 0) is 18.4 Å². The summed E-state index contributed by atoms with van der Waals surface area (Å²) in [7, 11) is 0. The molecule has 1 unspecified atom stereocenters. The summed E-state index contributed by atoms with van der Waals surface area (Å²) < 4.78 is 1.38. The van der Waals surface area contributed by atoms with Crippen molar-refractivity contribution in [2.75, 3.05) is 0 Å². The van der Waals surface area contributed by atoms with E-state index in [0.717, 1.165) is 0 Å². The molecule has 1 N–H and O–H groups in total. The lowest BCUT2D eigenvalue weighted by atomic mass is 10.1. The predicted octanol–water partition coefficient (Wildman–Crippen LogP) is 3.74. The van der Waals surface area contributed by atoms with Crippen LogP contribution in [-0.4, -0.2) is 4.98 Å². The van der Waals surface area contributed by atoms with Gasteiger partial charge >= 0.3 is 0 Å². The summed E-state index contributed by atoms with van der Waals surface area (Å²) in [5.41, 5.74) is 0. The third-order valence-electron chi connectivity index (χ3n) is 2.36. The molecule has 0 bridgehead atoms. The topological polar surface area (TPSA) is 15.8 Å². The number of rotatable bonds is 2. The van der Waals surface area contributed by atoms with Crippen LogP contribution in [0.4, 0.5) is 0 Å². The standard InChI is InChI=1S/C10H13NS/c1-3-7(2)9-4-8-5-11-6-10(8)12-9/h4-7,11H,3H2,1-2H3. The first kappa shape index (κ1) is 7.87. The Kier molecular flexibility index (Phi) is 1.93. The number of fused-ring (bicyclic) bond motifs is 1. The average Bonchev–Trinajstić information content (AvgIpc) is 2.60. The Morgan fingerprint density at radius 3 is 3.00 bits per heavy atom. The second kappa shape index (κ2) is 2.94. The summed E-state index contributed by atoms with van der Waals surface area (Å²) in [4.78, 5) is 4.62. The Hall–Kier alpha value is -0.760. The van der Waals surface area contributed by atoms with Crippen molar-refractivity contribution in [1.29, 1.82) is 0 Å². The zero-order chi connectivity index (χ0) is 8.55. The van der Waals surface area contributed by atoms with Crippen LogP contribution in [0.1, 0.15) is 31.1 Å².